The predicted octanol–water partition coefficient (Wildman–Crippen LogP) is 2.42. The fourth-order valence-corrected chi connectivity index (χ4v) is 1.50. The van der Waals surface area contributed by atoms with Gasteiger partial charge in [-0.15, -0.1) is 0 Å². The van der Waals surface area contributed by atoms with Crippen LogP contribution in [0.5, 0.6) is 11.8 Å². The predicted molar refractivity (Wildman–Crippen MR) is 75.2 cm³/mol. The number of hydrogen-bond donors (Lipinski definition) is 1. The molecule has 7 heteroatoms. The second kappa shape index (κ2) is 5.71. The summed E-state index contributed by atoms with van der Waals surface area (Å²) in [5.41, 5.74) is 0. The van der Waals surface area contributed by atoms with Gasteiger partial charge in [-0.2, -0.15) is 15.0 Å². The van der Waals surface area contributed by atoms with Crippen molar-refractivity contribution in [2.45, 2.75) is 0 Å². The van der Waals surface area contributed by atoms with Crippen LogP contribution in [-0.2, 0) is 0 Å². The molecule has 6 nitrogen and oxygen atoms in total. The number of para-hydroxylation sites is 1. The molecule has 0 saturated carbocycles. The summed E-state index contributed by atoms with van der Waals surface area (Å²) in [5, 5.41) is 3.36. The van der Waals surface area contributed by atoms with Crippen molar-refractivity contribution < 1.29 is 4.74 Å². The molecular weight excluding hydrogens is 266 g/mol. The number of aromatic nitrogens is 3. The topological polar surface area (TPSA) is 63.2 Å². The summed E-state index contributed by atoms with van der Waals surface area (Å²) in [6.45, 7) is 0. The van der Waals surface area contributed by atoms with Crippen molar-refractivity contribution in [1.29, 1.82) is 0 Å². The minimum absolute atomic E-state index is 0.191. The smallest absolute Gasteiger partial charge is 0.328 e. The molecule has 0 fully saturated rings. The molecule has 2 rings (SSSR count). The van der Waals surface area contributed by atoms with Crippen molar-refractivity contribution in [3.05, 3.63) is 29.3 Å². The monoisotopic (exact) mass is 279 g/mol. The fraction of sp³-hybridized carbons (Fsp3) is 0.250. The Hall–Kier alpha value is -2.08. The average Bonchev–Trinajstić information content (AvgIpc) is 2.41. The fourth-order valence-electron chi connectivity index (χ4n) is 1.33. The Balaban J connectivity index is 2.34. The van der Waals surface area contributed by atoms with Crippen molar-refractivity contribution in [3.63, 3.8) is 0 Å². The third kappa shape index (κ3) is 3.23. The number of hydrogen-bond acceptors (Lipinski definition) is 6. The van der Waals surface area contributed by atoms with E-state index in [4.69, 9.17) is 16.3 Å². The van der Waals surface area contributed by atoms with E-state index in [1.165, 1.54) is 0 Å². The van der Waals surface area contributed by atoms with Crippen molar-refractivity contribution in [2.75, 3.05) is 31.4 Å². The van der Waals surface area contributed by atoms with Crippen LogP contribution in [0.3, 0.4) is 0 Å². The van der Waals surface area contributed by atoms with Crippen molar-refractivity contribution in [2.24, 2.45) is 0 Å². The van der Waals surface area contributed by atoms with E-state index in [0.29, 0.717) is 22.7 Å². The third-order valence-electron chi connectivity index (χ3n) is 2.26. The molecule has 0 atom stereocenters. The number of rotatable bonds is 4. The van der Waals surface area contributed by atoms with E-state index < -0.39 is 0 Å². The van der Waals surface area contributed by atoms with E-state index >= 15 is 0 Å². The van der Waals surface area contributed by atoms with Gasteiger partial charge in [0.1, 0.15) is 5.75 Å². The maximum absolute atomic E-state index is 6.03. The van der Waals surface area contributed by atoms with Crippen LogP contribution < -0.4 is 15.0 Å². The second-order valence-electron chi connectivity index (χ2n) is 3.92. The largest absolute Gasteiger partial charge is 0.423 e. The number of nitrogens with zero attached hydrogens (tertiary/aromatic N) is 4. The van der Waals surface area contributed by atoms with Gasteiger partial charge in [0.25, 0.3) is 0 Å². The van der Waals surface area contributed by atoms with Crippen LogP contribution in [0.15, 0.2) is 24.3 Å². The summed E-state index contributed by atoms with van der Waals surface area (Å²) in [7, 11) is 5.41. The van der Waals surface area contributed by atoms with Crippen molar-refractivity contribution in [1.82, 2.24) is 15.0 Å². The molecule has 0 saturated heterocycles. The number of nitrogens with one attached hydrogen (secondary N) is 1. The zero-order valence-electron chi connectivity index (χ0n) is 10.9. The minimum Gasteiger partial charge on any atom is -0.423 e. The molecule has 1 aromatic carbocycles. The minimum atomic E-state index is 0.191. The molecule has 1 N–H and O–H groups in total. The van der Waals surface area contributed by atoms with Gasteiger partial charge in [0.05, 0.1) is 5.02 Å². The van der Waals surface area contributed by atoms with Gasteiger partial charge >= 0.3 is 6.01 Å². The van der Waals surface area contributed by atoms with E-state index in [2.05, 4.69) is 20.3 Å². The first-order chi connectivity index (χ1) is 9.10. The summed E-state index contributed by atoms with van der Waals surface area (Å²) in [5.74, 6) is 1.43. The van der Waals surface area contributed by atoms with Crippen LogP contribution in [0.25, 0.3) is 0 Å². The van der Waals surface area contributed by atoms with Crippen LogP contribution in [0.4, 0.5) is 11.9 Å². The molecule has 19 heavy (non-hydrogen) atoms. The normalized spacial score (nSPS) is 10.1. The summed E-state index contributed by atoms with van der Waals surface area (Å²) in [4.78, 5) is 14.3. The lowest BCUT2D eigenvalue weighted by Crippen LogP contribution is -2.15. The number of halogens is 1. The van der Waals surface area contributed by atoms with Gasteiger partial charge in [-0.3, -0.25) is 0 Å². The van der Waals surface area contributed by atoms with Gasteiger partial charge in [-0.05, 0) is 12.1 Å². The summed E-state index contributed by atoms with van der Waals surface area (Å²) >= 11 is 6.03. The van der Waals surface area contributed by atoms with Gasteiger partial charge in [-0.25, -0.2) is 0 Å². The molecule has 2 aromatic rings. The van der Waals surface area contributed by atoms with Crippen LogP contribution >= 0.6 is 11.6 Å². The van der Waals surface area contributed by atoms with Gasteiger partial charge in [0.15, 0.2) is 0 Å². The Kier molecular flexibility index (Phi) is 4.01. The van der Waals surface area contributed by atoms with E-state index in [-0.39, 0.29) is 6.01 Å². The molecule has 0 aliphatic heterocycles. The van der Waals surface area contributed by atoms with Crippen LogP contribution in [-0.4, -0.2) is 36.1 Å². The summed E-state index contributed by atoms with van der Waals surface area (Å²) < 4.78 is 5.58. The number of ether oxygens (including phenoxy) is 1. The Morgan fingerprint density at radius 2 is 1.89 bits per heavy atom. The quantitative estimate of drug-likeness (QED) is 0.927. The highest BCUT2D eigenvalue weighted by Crippen LogP contribution is 2.27. The van der Waals surface area contributed by atoms with E-state index in [9.17, 15) is 0 Å². The first kappa shape index (κ1) is 13.4. The average molecular weight is 280 g/mol. The van der Waals surface area contributed by atoms with Crippen LogP contribution in [0.2, 0.25) is 5.02 Å². The number of anilines is 2. The highest BCUT2D eigenvalue weighted by Gasteiger charge is 2.10. The summed E-state index contributed by atoms with van der Waals surface area (Å²) in [6.07, 6.45) is 0. The highest BCUT2D eigenvalue weighted by molar-refractivity contribution is 6.32. The molecular formula is C12H14ClN5O. The standard InChI is InChI=1S/C12H14ClN5O/c1-14-10-15-11(18(2)3)17-12(16-10)19-9-7-5-4-6-8(9)13/h4-7H,1-3H3,(H,14,15,16,17). The lowest BCUT2D eigenvalue weighted by Gasteiger charge is -2.12. The molecule has 0 radical (unpaired) electrons. The molecule has 1 heterocycles. The third-order valence-corrected chi connectivity index (χ3v) is 2.58. The molecule has 0 spiro atoms. The lowest BCUT2D eigenvalue weighted by molar-refractivity contribution is 0.441. The van der Waals surface area contributed by atoms with Gasteiger partial charge in [0.2, 0.25) is 11.9 Å². The molecule has 1 aromatic heterocycles. The molecule has 0 unspecified atom stereocenters. The first-order valence-corrected chi connectivity index (χ1v) is 6.01. The first-order valence-electron chi connectivity index (χ1n) is 5.63. The van der Waals surface area contributed by atoms with E-state index in [1.54, 1.807) is 24.1 Å². The molecule has 0 bridgehead atoms. The lowest BCUT2D eigenvalue weighted by atomic mass is 10.3. The second-order valence-corrected chi connectivity index (χ2v) is 4.33. The van der Waals surface area contributed by atoms with Crippen LogP contribution in [0.1, 0.15) is 0 Å². The van der Waals surface area contributed by atoms with Gasteiger partial charge in [-0.1, -0.05) is 23.7 Å². The molecule has 0 aliphatic carbocycles. The SMILES string of the molecule is CNc1nc(Oc2ccccc2Cl)nc(N(C)C)n1. The maximum Gasteiger partial charge on any atom is 0.328 e. The Bertz CT molecular complexity index is 576. The zero-order chi connectivity index (χ0) is 13.8. The number of benzene rings is 1. The summed E-state index contributed by atoms with van der Waals surface area (Å²) in [6, 6.07) is 7.34. The highest BCUT2D eigenvalue weighted by atomic mass is 35.5. The van der Waals surface area contributed by atoms with Crippen LogP contribution in [0, 0.1) is 0 Å². The zero-order valence-corrected chi connectivity index (χ0v) is 11.6. The van der Waals surface area contributed by atoms with E-state index in [1.807, 2.05) is 26.2 Å². The molecule has 0 aliphatic rings. The Labute approximate surface area is 116 Å². The molecule has 0 amide bonds. The van der Waals surface area contributed by atoms with Gasteiger partial charge < -0.3 is 15.0 Å². The Morgan fingerprint density at radius 3 is 2.53 bits per heavy atom. The van der Waals surface area contributed by atoms with E-state index in [0.717, 1.165) is 0 Å². The Morgan fingerprint density at radius 1 is 1.16 bits per heavy atom. The van der Waals surface area contributed by atoms with Gasteiger partial charge in [0, 0.05) is 21.1 Å². The van der Waals surface area contributed by atoms with Crippen molar-refractivity contribution in [3.8, 4) is 11.8 Å². The maximum atomic E-state index is 6.03. The van der Waals surface area contributed by atoms with Crippen molar-refractivity contribution >= 4 is 23.5 Å². The molecule has 100 valence electrons.